The van der Waals surface area contributed by atoms with E-state index in [1.807, 2.05) is 32.9 Å². The van der Waals surface area contributed by atoms with Gasteiger partial charge in [0.2, 0.25) is 0 Å². The van der Waals surface area contributed by atoms with Gasteiger partial charge in [0.1, 0.15) is 5.78 Å². The molecule has 1 fully saturated rings. The normalized spacial score (nSPS) is 26.3. The van der Waals surface area contributed by atoms with E-state index in [0.29, 0.717) is 0 Å². The van der Waals surface area contributed by atoms with Gasteiger partial charge in [0.25, 0.3) is 0 Å². The van der Waals surface area contributed by atoms with Crippen molar-refractivity contribution in [3.63, 3.8) is 0 Å². The molecule has 1 aromatic rings. The van der Waals surface area contributed by atoms with E-state index >= 15 is 0 Å². The standard InChI is InChI=1S/C20H28O5/c1-5-25-20(24)16-10-19(23)18(22)9-15(16)17(21)8-14-12(3)6-11(2)7-13(14)4/h6-7,15-16,18-19,22-23H,5,8-10H2,1-4H3. The molecular formula is C20H28O5. The number of aliphatic hydroxyl groups excluding tert-OH is 2. The smallest absolute Gasteiger partial charge is 0.309 e. The molecule has 0 aliphatic heterocycles. The van der Waals surface area contributed by atoms with Gasteiger partial charge in [-0.3, -0.25) is 9.59 Å². The van der Waals surface area contributed by atoms with Crippen LogP contribution in [0.4, 0.5) is 0 Å². The highest BCUT2D eigenvalue weighted by Crippen LogP contribution is 2.33. The van der Waals surface area contributed by atoms with Gasteiger partial charge in [-0.25, -0.2) is 0 Å². The average Bonchev–Trinajstić information content (AvgIpc) is 2.53. The zero-order valence-electron chi connectivity index (χ0n) is 15.4. The lowest BCUT2D eigenvalue weighted by Crippen LogP contribution is -2.45. The Bertz CT molecular complexity index is 628. The molecule has 1 aromatic carbocycles. The summed E-state index contributed by atoms with van der Waals surface area (Å²) in [7, 11) is 0. The van der Waals surface area contributed by atoms with Crippen LogP contribution in [0.25, 0.3) is 0 Å². The molecule has 0 amide bonds. The lowest BCUT2D eigenvalue weighted by molar-refractivity contribution is -0.159. The third-order valence-electron chi connectivity index (χ3n) is 5.11. The predicted octanol–water partition coefficient (Wildman–Crippen LogP) is 2.03. The highest BCUT2D eigenvalue weighted by molar-refractivity contribution is 5.89. The first-order valence-electron chi connectivity index (χ1n) is 8.86. The van der Waals surface area contributed by atoms with Crippen LogP contribution < -0.4 is 0 Å². The van der Waals surface area contributed by atoms with Crippen molar-refractivity contribution in [3.8, 4) is 0 Å². The molecular weight excluding hydrogens is 320 g/mol. The van der Waals surface area contributed by atoms with Crippen molar-refractivity contribution in [1.29, 1.82) is 0 Å². The number of rotatable bonds is 5. The SMILES string of the molecule is CCOC(=O)C1CC(O)C(O)CC1C(=O)Cc1c(C)cc(C)cc1C. The van der Waals surface area contributed by atoms with Gasteiger partial charge in [-0.2, -0.15) is 0 Å². The Balaban J connectivity index is 2.24. The van der Waals surface area contributed by atoms with E-state index in [-0.39, 0.29) is 31.7 Å². The van der Waals surface area contributed by atoms with Gasteiger partial charge >= 0.3 is 5.97 Å². The van der Waals surface area contributed by atoms with Gasteiger partial charge in [-0.05, 0) is 57.2 Å². The minimum atomic E-state index is -0.999. The quantitative estimate of drug-likeness (QED) is 0.796. The zero-order valence-corrected chi connectivity index (χ0v) is 15.4. The summed E-state index contributed by atoms with van der Waals surface area (Å²) in [5.74, 6) is -1.88. The first kappa shape index (κ1) is 19.6. The van der Waals surface area contributed by atoms with Crippen LogP contribution in [0.3, 0.4) is 0 Å². The number of carbonyl (C=O) groups is 2. The third-order valence-corrected chi connectivity index (χ3v) is 5.11. The number of hydrogen-bond acceptors (Lipinski definition) is 5. The van der Waals surface area contributed by atoms with E-state index in [2.05, 4.69) is 0 Å². The van der Waals surface area contributed by atoms with Crippen molar-refractivity contribution in [3.05, 3.63) is 34.4 Å². The Morgan fingerprint density at radius 3 is 2.08 bits per heavy atom. The molecule has 5 nitrogen and oxygen atoms in total. The van der Waals surface area contributed by atoms with Crippen LogP contribution in [-0.2, 0) is 20.7 Å². The summed E-state index contributed by atoms with van der Waals surface area (Å²) in [4.78, 5) is 25.2. The third kappa shape index (κ3) is 4.47. The number of hydrogen-bond donors (Lipinski definition) is 2. The fourth-order valence-corrected chi connectivity index (χ4v) is 3.82. The summed E-state index contributed by atoms with van der Waals surface area (Å²) in [6, 6.07) is 4.08. The maximum Gasteiger partial charge on any atom is 0.309 e. The zero-order chi connectivity index (χ0) is 18.7. The van der Waals surface area contributed by atoms with Crippen LogP contribution in [-0.4, -0.2) is 40.8 Å². The van der Waals surface area contributed by atoms with Gasteiger partial charge in [0.15, 0.2) is 0 Å². The largest absolute Gasteiger partial charge is 0.466 e. The lowest BCUT2D eigenvalue weighted by atomic mass is 9.73. The highest BCUT2D eigenvalue weighted by atomic mass is 16.5. The number of ketones is 1. The summed E-state index contributed by atoms with van der Waals surface area (Å²) >= 11 is 0. The molecule has 25 heavy (non-hydrogen) atoms. The van der Waals surface area contributed by atoms with Crippen LogP contribution in [0.1, 0.15) is 42.0 Å². The molecule has 0 aromatic heterocycles. The lowest BCUT2D eigenvalue weighted by Gasteiger charge is -2.35. The molecule has 0 heterocycles. The number of ether oxygens (including phenoxy) is 1. The summed E-state index contributed by atoms with van der Waals surface area (Å²) in [5.41, 5.74) is 4.22. The van der Waals surface area contributed by atoms with Gasteiger partial charge < -0.3 is 14.9 Å². The van der Waals surface area contributed by atoms with Gasteiger partial charge in [0, 0.05) is 12.3 Å². The molecule has 2 N–H and O–H groups in total. The molecule has 5 heteroatoms. The van der Waals surface area contributed by atoms with E-state index in [9.17, 15) is 19.8 Å². The second-order valence-electron chi connectivity index (χ2n) is 7.09. The van der Waals surface area contributed by atoms with E-state index in [0.717, 1.165) is 22.3 Å². The average molecular weight is 348 g/mol. The Morgan fingerprint density at radius 1 is 1.04 bits per heavy atom. The summed E-state index contributed by atoms with van der Waals surface area (Å²) < 4.78 is 5.07. The van der Waals surface area contributed by atoms with Crippen molar-refractivity contribution in [1.82, 2.24) is 0 Å². The molecule has 4 unspecified atom stereocenters. The summed E-state index contributed by atoms with van der Waals surface area (Å²) in [6.07, 6.45) is -1.61. The second kappa shape index (κ2) is 8.11. The van der Waals surface area contributed by atoms with E-state index in [1.54, 1.807) is 6.92 Å². The number of aryl methyl sites for hydroxylation is 3. The van der Waals surface area contributed by atoms with Crippen molar-refractivity contribution in [2.45, 2.75) is 59.2 Å². The maximum atomic E-state index is 12.9. The maximum absolute atomic E-state index is 12.9. The predicted molar refractivity (Wildman–Crippen MR) is 94.2 cm³/mol. The molecule has 1 aliphatic rings. The minimum absolute atomic E-state index is 0.0578. The highest BCUT2D eigenvalue weighted by Gasteiger charge is 2.43. The molecule has 2 rings (SSSR count). The fourth-order valence-electron chi connectivity index (χ4n) is 3.82. The molecule has 4 atom stereocenters. The van der Waals surface area contributed by atoms with Gasteiger partial charge in [-0.1, -0.05) is 17.7 Å². The molecule has 1 saturated carbocycles. The van der Waals surface area contributed by atoms with Crippen molar-refractivity contribution in [2.75, 3.05) is 6.61 Å². The van der Waals surface area contributed by atoms with E-state index < -0.39 is 30.0 Å². The van der Waals surface area contributed by atoms with Crippen LogP contribution in [0.15, 0.2) is 12.1 Å². The first-order valence-corrected chi connectivity index (χ1v) is 8.86. The Labute approximate surface area is 149 Å². The van der Waals surface area contributed by atoms with Crippen LogP contribution in [0.2, 0.25) is 0 Å². The van der Waals surface area contributed by atoms with Crippen molar-refractivity contribution >= 4 is 11.8 Å². The first-order chi connectivity index (χ1) is 11.7. The topological polar surface area (TPSA) is 83.8 Å². The molecule has 0 saturated heterocycles. The second-order valence-corrected chi connectivity index (χ2v) is 7.09. The number of esters is 1. The summed E-state index contributed by atoms with van der Waals surface area (Å²) in [6.45, 7) is 7.91. The minimum Gasteiger partial charge on any atom is -0.466 e. The monoisotopic (exact) mass is 348 g/mol. The fraction of sp³-hybridized carbons (Fsp3) is 0.600. The molecule has 1 aliphatic carbocycles. The van der Waals surface area contributed by atoms with E-state index in [1.165, 1.54) is 0 Å². The van der Waals surface area contributed by atoms with Crippen LogP contribution in [0.5, 0.6) is 0 Å². The Hall–Kier alpha value is -1.72. The molecule has 0 bridgehead atoms. The van der Waals surface area contributed by atoms with Gasteiger partial charge in [0.05, 0.1) is 24.7 Å². The number of aliphatic hydroxyl groups is 2. The van der Waals surface area contributed by atoms with Crippen molar-refractivity contribution in [2.24, 2.45) is 11.8 Å². The summed E-state index contributed by atoms with van der Waals surface area (Å²) in [5, 5.41) is 19.9. The number of Topliss-reactive ketones (excluding diaryl/α,β-unsaturated/α-hetero) is 1. The van der Waals surface area contributed by atoms with Crippen LogP contribution >= 0.6 is 0 Å². The Morgan fingerprint density at radius 2 is 1.56 bits per heavy atom. The number of carbonyl (C=O) groups excluding carboxylic acids is 2. The van der Waals surface area contributed by atoms with Gasteiger partial charge in [-0.15, -0.1) is 0 Å². The molecule has 138 valence electrons. The Kier molecular flexibility index (Phi) is 6.36. The number of benzene rings is 1. The van der Waals surface area contributed by atoms with E-state index in [4.69, 9.17) is 4.74 Å². The van der Waals surface area contributed by atoms with Crippen molar-refractivity contribution < 1.29 is 24.5 Å². The van der Waals surface area contributed by atoms with Crippen LogP contribution in [0, 0.1) is 32.6 Å². The molecule has 0 spiro atoms. The molecule has 0 radical (unpaired) electrons.